The second kappa shape index (κ2) is 37.4. The summed E-state index contributed by atoms with van der Waals surface area (Å²) < 4.78 is 125. The van der Waals surface area contributed by atoms with Gasteiger partial charge in [-0.05, 0) is 0 Å². The molecule has 0 spiro atoms. The molecule has 36 nitrogen and oxygen atoms in total. The van der Waals surface area contributed by atoms with E-state index in [2.05, 4.69) is 46.4 Å². The lowest BCUT2D eigenvalue weighted by Gasteiger charge is -2.56. The van der Waals surface area contributed by atoms with E-state index in [1.54, 1.807) is 47.5 Å². The molecule has 3 saturated heterocycles. The second-order valence-electron chi connectivity index (χ2n) is 28.6. The van der Waals surface area contributed by atoms with E-state index in [4.69, 9.17) is 83.5 Å². The molecule has 13 unspecified atom stereocenters. The molecule has 0 amide bonds. The molecule has 11 N–H and O–H groups in total. The second-order valence-corrected chi connectivity index (χ2v) is 73.8. The van der Waals surface area contributed by atoms with E-state index in [1.807, 2.05) is 42.3 Å². The van der Waals surface area contributed by atoms with Crippen molar-refractivity contribution in [2.75, 3.05) is 139 Å². The molecule has 3 fully saturated rings. The molecule has 3 heterocycles. The van der Waals surface area contributed by atoms with Crippen LogP contribution < -0.4 is 0 Å². The maximum Gasteiger partial charge on any atom is 0.500 e. The highest BCUT2D eigenvalue weighted by atomic mass is 28.6. The molecule has 0 saturated carbocycles. The highest BCUT2D eigenvalue weighted by molar-refractivity contribution is 6.98. The van der Waals surface area contributed by atoms with Crippen molar-refractivity contribution in [3.8, 4) is 0 Å². The molecule has 3 aliphatic rings. The van der Waals surface area contributed by atoms with E-state index in [0.29, 0.717) is 40.9 Å². The van der Waals surface area contributed by atoms with E-state index < -0.39 is 141 Å². The van der Waals surface area contributed by atoms with Crippen LogP contribution in [-0.2, 0) is 87.7 Å². The molecule has 3 aliphatic heterocycles. The van der Waals surface area contributed by atoms with Gasteiger partial charge in [-0.1, -0.05) is 14.9 Å². The van der Waals surface area contributed by atoms with Crippen molar-refractivity contribution in [2.24, 2.45) is 0 Å². The third-order valence-corrected chi connectivity index (χ3v) is 68.9. The number of rotatable bonds is 37. The predicted octanol–water partition coefficient (Wildman–Crippen LogP) is -2.08. The average Bonchev–Trinajstić information content (AvgIpc) is 0.721. The molecule has 54 heteroatoms. The van der Waals surface area contributed by atoms with Crippen LogP contribution in [0.25, 0.3) is 0 Å². The Morgan fingerprint density at radius 2 is 0.740 bits per heavy atom. The van der Waals surface area contributed by atoms with Crippen molar-refractivity contribution in [1.29, 1.82) is 0 Å². The first-order valence-electron chi connectivity index (χ1n) is 30.1. The Morgan fingerprint density at radius 3 is 1.12 bits per heavy atom. The van der Waals surface area contributed by atoms with Crippen LogP contribution in [0.3, 0.4) is 0 Å². The van der Waals surface area contributed by atoms with Gasteiger partial charge in [0.2, 0.25) is 0 Å². The molecule has 0 aromatic heterocycles. The largest absolute Gasteiger partial charge is 0.500 e. The molecule has 577 valence electrons. The zero-order valence-corrected chi connectivity index (χ0v) is 79.3. The Morgan fingerprint density at radius 1 is 0.396 bits per heavy atom. The van der Waals surface area contributed by atoms with Crippen molar-refractivity contribution < 1.29 is 158 Å². The first-order valence-corrected chi connectivity index (χ1v) is 65.8. The summed E-state index contributed by atoms with van der Waals surface area (Å²) in [5, 5.41) is 0. The lowest BCUT2D eigenvalue weighted by Crippen LogP contribution is -2.82. The minimum Gasteiger partial charge on any atom is -0.425 e. The lowest BCUT2D eigenvalue weighted by molar-refractivity contribution is -0.870. The quantitative estimate of drug-likeness (QED) is 0.0235. The van der Waals surface area contributed by atoms with Crippen LogP contribution in [0, 0.1) is 0 Å². The lowest BCUT2D eigenvalue weighted by atomic mass is 10.4. The van der Waals surface area contributed by atoms with Crippen molar-refractivity contribution in [3.05, 3.63) is 0 Å². The molecule has 13 atom stereocenters. The van der Waals surface area contributed by atoms with Gasteiger partial charge in [-0.2, -0.15) is 0 Å². The van der Waals surface area contributed by atoms with Gasteiger partial charge >= 0.3 is 141 Å². The maximum absolute atomic E-state index is 12.1. The highest BCUT2D eigenvalue weighted by Crippen LogP contribution is 2.45. The minimum atomic E-state index is -4.37. The summed E-state index contributed by atoms with van der Waals surface area (Å²) in [6, 6.07) is 1.44. The first-order chi connectivity index (χ1) is 40.9. The molecule has 3 rings (SSSR count). The third kappa shape index (κ3) is 41.4. The van der Waals surface area contributed by atoms with Gasteiger partial charge in [-0.15, -0.1) is 0 Å². The van der Waals surface area contributed by atoms with Crippen molar-refractivity contribution in [2.45, 2.75) is 143 Å². The number of fused-ring (bicyclic) bond motifs is 2. The first kappa shape index (κ1) is 102. The molecule has 96 heavy (non-hydrogen) atoms. The van der Waals surface area contributed by atoms with Crippen LogP contribution in [0.2, 0.25) is 103 Å². The standard InChI is InChI=1S/C25H70N3O16Si9.C9H24NO3Si.C6H28O13Si7.2CH4.B/c1-26(2,3)20-17-23-51(30,31)35-45(11,29)34-47(13)37-48(14,41-52(32,40-47)24-18-21-27(4,5)6)38-50(16)39-49(15)36-46(12,33-10)42-53(43-49,44-50)25-19-22-28(7,8)9;1-10(2,3)8-7-9-14(11-4,12-5)13-6;1-21(7,8)15-23(3,10)17-25(5,12)19-26(6,13)18-24(4,11)16-22(2,9)14-20;;;/h29-32H,17-25H2,1-16H3;7-9H2,1-6H3;7-13H,1-6,20H3;2*1H4;/q+3;+1;;;;. The maximum atomic E-state index is 12.1. The van der Waals surface area contributed by atoms with E-state index in [-0.39, 0.29) is 45.8 Å². The summed E-state index contributed by atoms with van der Waals surface area (Å²) in [5.74, 6) is 0. The van der Waals surface area contributed by atoms with E-state index in [0.717, 1.165) is 73.7 Å². The summed E-state index contributed by atoms with van der Waals surface area (Å²) in [5.41, 5.74) is 0. The van der Waals surface area contributed by atoms with Crippen LogP contribution in [0.4, 0.5) is 0 Å². The van der Waals surface area contributed by atoms with Crippen LogP contribution in [0.5, 0.6) is 0 Å². The fraction of sp³-hybridized carbons (Fsp3) is 1.00. The van der Waals surface area contributed by atoms with Gasteiger partial charge in [-0.25, -0.2) is 0 Å². The Labute approximate surface area is 596 Å². The molecule has 0 aliphatic carbocycles. The zero-order valence-electron chi connectivity index (χ0n) is 61.3. The van der Waals surface area contributed by atoms with Crippen LogP contribution in [-0.4, -0.2) is 370 Å². The van der Waals surface area contributed by atoms with Gasteiger partial charge in [0, 0.05) is 165 Å². The number of hydrogen-bond acceptors (Lipinski definition) is 32. The van der Waals surface area contributed by atoms with E-state index in [9.17, 15) is 52.8 Å². The zero-order chi connectivity index (χ0) is 73.3. The van der Waals surface area contributed by atoms with Crippen molar-refractivity contribution in [3.63, 3.8) is 0 Å². The fourth-order valence-corrected chi connectivity index (χ4v) is 70.8. The molecular weight excluding hydrogens is 1560 g/mol. The fourth-order valence-electron chi connectivity index (χ4n) is 9.73. The van der Waals surface area contributed by atoms with Crippen molar-refractivity contribution in [1.82, 2.24) is 0 Å². The Balaban J connectivity index is -0.00000167. The Hall–Kier alpha value is 2.31. The predicted molar refractivity (Wildman–Crippen MR) is 392 cm³/mol. The molecular formula is C42H130BN4O32Si17+4. The summed E-state index contributed by atoms with van der Waals surface area (Å²) in [7, 11) is -30.5. The van der Waals surface area contributed by atoms with Gasteiger partial charge < -0.3 is 158 Å². The van der Waals surface area contributed by atoms with Gasteiger partial charge in [0.25, 0.3) is 0 Å². The van der Waals surface area contributed by atoms with Crippen LogP contribution >= 0.6 is 0 Å². The van der Waals surface area contributed by atoms with Gasteiger partial charge in [0.15, 0.2) is 0 Å². The molecule has 0 aromatic carbocycles. The van der Waals surface area contributed by atoms with Crippen LogP contribution in [0.15, 0.2) is 0 Å². The van der Waals surface area contributed by atoms with Gasteiger partial charge in [0.05, 0.1) is 111 Å². The average molecular weight is 1690 g/mol. The minimum absolute atomic E-state index is 0. The molecule has 2 bridgehead atoms. The monoisotopic (exact) mass is 1690 g/mol. The summed E-state index contributed by atoms with van der Waals surface area (Å²) in [4.78, 5) is 114. The van der Waals surface area contributed by atoms with Crippen molar-refractivity contribution >= 4 is 160 Å². The third-order valence-electron chi connectivity index (χ3n) is 12.8. The topological polar surface area (TPSA) is 416 Å². The van der Waals surface area contributed by atoms with Gasteiger partial charge in [0.1, 0.15) is 10.5 Å². The smallest absolute Gasteiger partial charge is 0.425 e. The number of quaternary nitrogens is 4. The molecule has 0 aromatic rings. The Bertz CT molecular complexity index is 2300. The van der Waals surface area contributed by atoms with Crippen LogP contribution in [0.1, 0.15) is 40.5 Å². The number of nitrogens with zero attached hydrogens (tertiary/aromatic N) is 4. The van der Waals surface area contributed by atoms with E-state index >= 15 is 0 Å². The van der Waals surface area contributed by atoms with E-state index in [1.165, 1.54) is 26.8 Å². The SMILES string of the molecule is C.C.CO[Si](CCC[N+](C)(C)C)(OC)OC.CO[Si]1(C)O[Si]2(C)O[Si](C)(O[Si]3(C)O[Si](O)(CCC[N+](C)(C)C)O[Si](C)(O[Si](C)(O)O[Si](O)(O)CCC[N+](C)(C)C)O3)O[Si](CCC[N+](C)(C)C)(O1)O2.C[Si](O)(O)O[Si](C)(O)O[Si](C)(O)O[Si](C)(O)O[Si](C)(O)O[Si](C)(O)O[SiH3].[B]. The number of hydrogen-bond donors (Lipinski definition) is 11. The summed E-state index contributed by atoms with van der Waals surface area (Å²) in [6.45, 7) is 19.3. The normalized spacial score (nSPS) is 29.9. The summed E-state index contributed by atoms with van der Waals surface area (Å²) in [6.07, 6.45) is 2.77. The molecule has 3 radical (unpaired) electrons. The summed E-state index contributed by atoms with van der Waals surface area (Å²) >= 11 is 0. The highest BCUT2D eigenvalue weighted by Gasteiger charge is 2.75. The van der Waals surface area contributed by atoms with Gasteiger partial charge in [-0.3, -0.25) is 0 Å². The Kier molecular flexibility index (Phi) is 39.9.